The van der Waals surface area contributed by atoms with E-state index in [2.05, 4.69) is 10.3 Å². The van der Waals surface area contributed by atoms with Gasteiger partial charge in [-0.2, -0.15) is 11.3 Å². The smallest absolute Gasteiger partial charge is 0.331 e. The largest absolute Gasteiger partial charge is 0.341 e. The molecule has 0 spiro atoms. The molecule has 0 bridgehead atoms. The van der Waals surface area contributed by atoms with Gasteiger partial charge in [0, 0.05) is 31.5 Å². The third-order valence-electron chi connectivity index (χ3n) is 4.43. The van der Waals surface area contributed by atoms with Gasteiger partial charge in [-0.1, -0.05) is 0 Å². The Hall–Kier alpha value is -2.52. The monoisotopic (exact) mass is 404 g/mol. The van der Waals surface area contributed by atoms with Crippen LogP contribution in [0, 0.1) is 13.8 Å². The lowest BCUT2D eigenvalue weighted by Gasteiger charge is -2.17. The quantitative estimate of drug-likeness (QED) is 0.704. The van der Waals surface area contributed by atoms with Gasteiger partial charge in [-0.05, 0) is 36.2 Å². The van der Waals surface area contributed by atoms with Crippen LogP contribution in [0.5, 0.6) is 0 Å². The van der Waals surface area contributed by atoms with Crippen LogP contribution in [0.3, 0.4) is 0 Å². The van der Waals surface area contributed by atoms with Gasteiger partial charge in [0.2, 0.25) is 0 Å². The lowest BCUT2D eigenvalue weighted by molar-refractivity contribution is 0.0926. The first-order valence-electron chi connectivity index (χ1n) is 8.31. The Bertz CT molecular complexity index is 1070. The molecule has 9 heteroatoms. The molecule has 142 valence electrons. The van der Waals surface area contributed by atoms with Crippen LogP contribution in [0.25, 0.3) is 0 Å². The van der Waals surface area contributed by atoms with E-state index in [0.717, 1.165) is 25.7 Å². The maximum Gasteiger partial charge on any atom is 0.331 e. The fraction of sp³-hybridized carbons (Fsp3) is 0.333. The second-order valence-corrected chi connectivity index (χ2v) is 8.34. The highest BCUT2D eigenvalue weighted by molar-refractivity contribution is 7.11. The van der Waals surface area contributed by atoms with E-state index in [9.17, 15) is 14.4 Å². The molecule has 0 aliphatic heterocycles. The Balaban J connectivity index is 1.95. The highest BCUT2D eigenvalue weighted by atomic mass is 32.1. The van der Waals surface area contributed by atoms with E-state index < -0.39 is 17.2 Å². The third-order valence-corrected chi connectivity index (χ3v) is 6.35. The predicted octanol–water partition coefficient (Wildman–Crippen LogP) is 1.93. The summed E-state index contributed by atoms with van der Waals surface area (Å²) < 4.78 is 2.14. The van der Waals surface area contributed by atoms with Crippen LogP contribution in [0.1, 0.15) is 37.7 Å². The molecule has 0 saturated carbocycles. The normalized spacial score (nSPS) is 12.1. The van der Waals surface area contributed by atoms with Gasteiger partial charge in [-0.25, -0.2) is 9.78 Å². The van der Waals surface area contributed by atoms with E-state index >= 15 is 0 Å². The van der Waals surface area contributed by atoms with Crippen molar-refractivity contribution in [1.82, 2.24) is 19.4 Å². The predicted molar refractivity (Wildman–Crippen MR) is 107 cm³/mol. The van der Waals surface area contributed by atoms with Crippen molar-refractivity contribution in [3.8, 4) is 0 Å². The fourth-order valence-corrected chi connectivity index (χ4v) is 4.33. The summed E-state index contributed by atoms with van der Waals surface area (Å²) in [4.78, 5) is 42.6. The number of aryl methyl sites for hydroxylation is 2. The molecule has 3 aromatic rings. The van der Waals surface area contributed by atoms with E-state index in [1.54, 1.807) is 11.3 Å². The second-order valence-electron chi connectivity index (χ2n) is 6.32. The molecule has 0 saturated heterocycles. The number of nitrogens with zero attached hydrogens (tertiary/aromatic N) is 3. The summed E-state index contributed by atoms with van der Waals surface area (Å²) >= 11 is 3.13. The number of amides is 1. The lowest BCUT2D eigenvalue weighted by atomic mass is 10.1. The molecular formula is C18H20N4O3S2. The molecule has 7 nitrogen and oxygen atoms in total. The van der Waals surface area contributed by atoms with Crippen LogP contribution >= 0.6 is 22.7 Å². The Kier molecular flexibility index (Phi) is 5.43. The summed E-state index contributed by atoms with van der Waals surface area (Å²) in [7, 11) is 2.86. The van der Waals surface area contributed by atoms with Crippen LogP contribution in [0.15, 0.2) is 32.5 Å². The number of hydrogen-bond donors (Lipinski definition) is 1. The molecule has 3 rings (SSSR count). The van der Waals surface area contributed by atoms with Crippen molar-refractivity contribution >= 4 is 28.6 Å². The van der Waals surface area contributed by atoms with Gasteiger partial charge in [0.05, 0.1) is 11.7 Å². The van der Waals surface area contributed by atoms with Crippen LogP contribution in [-0.4, -0.2) is 20.0 Å². The minimum absolute atomic E-state index is 0.0309. The number of hydrogen-bond acceptors (Lipinski definition) is 6. The second kappa shape index (κ2) is 7.61. The van der Waals surface area contributed by atoms with E-state index in [1.165, 1.54) is 36.1 Å². The molecule has 0 aliphatic carbocycles. The maximum atomic E-state index is 12.8. The first-order chi connectivity index (χ1) is 12.8. The van der Waals surface area contributed by atoms with Crippen LogP contribution in [0.4, 0.5) is 0 Å². The van der Waals surface area contributed by atoms with Crippen molar-refractivity contribution in [3.05, 3.63) is 70.6 Å². The molecule has 0 radical (unpaired) electrons. The number of rotatable bonds is 5. The minimum atomic E-state index is -0.539. The van der Waals surface area contributed by atoms with E-state index in [-0.39, 0.29) is 11.7 Å². The molecule has 0 fully saturated rings. The molecule has 0 aromatic carbocycles. The van der Waals surface area contributed by atoms with Crippen molar-refractivity contribution in [2.75, 3.05) is 0 Å². The fourth-order valence-electron chi connectivity index (χ4n) is 2.67. The Morgan fingerprint density at radius 3 is 2.59 bits per heavy atom. The lowest BCUT2D eigenvalue weighted by Crippen LogP contribution is -2.42. The average Bonchev–Trinajstić information content (AvgIpc) is 3.25. The number of nitrogens with one attached hydrogen (secondary N) is 1. The molecule has 3 aromatic heterocycles. The summed E-state index contributed by atoms with van der Waals surface area (Å²) in [6.45, 7) is 3.92. The van der Waals surface area contributed by atoms with Crippen LogP contribution < -0.4 is 16.6 Å². The molecule has 3 heterocycles. The van der Waals surface area contributed by atoms with Gasteiger partial charge in [-0.15, -0.1) is 11.3 Å². The van der Waals surface area contributed by atoms with Gasteiger partial charge in [0.1, 0.15) is 10.7 Å². The van der Waals surface area contributed by atoms with Gasteiger partial charge in [0.25, 0.3) is 11.5 Å². The Labute approximate surface area is 163 Å². The average molecular weight is 405 g/mol. The molecule has 1 amide bonds. The van der Waals surface area contributed by atoms with Crippen molar-refractivity contribution in [1.29, 1.82) is 0 Å². The molecule has 0 aliphatic rings. The number of thiazole rings is 1. The molecular weight excluding hydrogens is 384 g/mol. The van der Waals surface area contributed by atoms with Gasteiger partial charge >= 0.3 is 5.69 Å². The van der Waals surface area contributed by atoms with Crippen molar-refractivity contribution in [3.63, 3.8) is 0 Å². The summed E-state index contributed by atoms with van der Waals surface area (Å²) in [5, 5.41) is 7.76. The molecule has 0 unspecified atom stereocenters. The highest BCUT2D eigenvalue weighted by Gasteiger charge is 2.22. The summed E-state index contributed by atoms with van der Waals surface area (Å²) in [5.74, 6) is -0.474. The molecule has 1 N–H and O–H groups in total. The number of carbonyl (C=O) groups is 1. The highest BCUT2D eigenvalue weighted by Crippen LogP contribution is 2.26. The standard InChI is InChI=1S/C18H20N4O3S2/c1-10-11(2)27-17(19-10)13(7-12-5-6-26-9-12)20-16(24)14-8-15(23)22(4)18(25)21(14)3/h5-6,8-9,13H,7H2,1-4H3,(H,20,24)/t13-/m0/s1. The summed E-state index contributed by atoms with van der Waals surface area (Å²) in [6.07, 6.45) is 0.584. The molecule has 27 heavy (non-hydrogen) atoms. The number of thiophene rings is 1. The Morgan fingerprint density at radius 2 is 2.00 bits per heavy atom. The summed E-state index contributed by atoms with van der Waals surface area (Å²) in [5.41, 5.74) is 0.999. The van der Waals surface area contributed by atoms with E-state index in [1.807, 2.05) is 30.7 Å². The zero-order valence-electron chi connectivity index (χ0n) is 15.5. The van der Waals surface area contributed by atoms with Gasteiger partial charge in [0.15, 0.2) is 0 Å². The van der Waals surface area contributed by atoms with Crippen molar-refractivity contribution in [2.45, 2.75) is 26.3 Å². The SMILES string of the molecule is Cc1nc([C@H](Cc2ccsc2)NC(=O)c2cc(=O)n(C)c(=O)n2C)sc1C. The zero-order valence-corrected chi connectivity index (χ0v) is 17.1. The van der Waals surface area contributed by atoms with E-state index in [4.69, 9.17) is 0 Å². The topological polar surface area (TPSA) is 86.0 Å². The minimum Gasteiger partial charge on any atom is -0.341 e. The summed E-state index contributed by atoms with van der Waals surface area (Å²) in [6, 6.07) is 2.84. The molecule has 1 atom stereocenters. The number of carbonyl (C=O) groups excluding carboxylic acids is 1. The van der Waals surface area contributed by atoms with Crippen LogP contribution in [0.2, 0.25) is 0 Å². The van der Waals surface area contributed by atoms with Gasteiger partial charge < -0.3 is 5.32 Å². The third kappa shape index (κ3) is 3.93. The first kappa shape index (κ1) is 19.2. The van der Waals surface area contributed by atoms with Crippen molar-refractivity contribution in [2.24, 2.45) is 14.1 Å². The van der Waals surface area contributed by atoms with Gasteiger partial charge in [-0.3, -0.25) is 18.7 Å². The Morgan fingerprint density at radius 1 is 1.26 bits per heavy atom. The van der Waals surface area contributed by atoms with Crippen molar-refractivity contribution < 1.29 is 4.79 Å². The van der Waals surface area contributed by atoms with Crippen LogP contribution in [-0.2, 0) is 20.5 Å². The number of aromatic nitrogens is 3. The van der Waals surface area contributed by atoms with E-state index in [0.29, 0.717) is 6.42 Å². The first-order valence-corrected chi connectivity index (χ1v) is 10.1. The zero-order chi connectivity index (χ0) is 19.7. The maximum absolute atomic E-state index is 12.8.